The van der Waals surface area contributed by atoms with Gasteiger partial charge in [-0.3, -0.25) is 4.79 Å². The van der Waals surface area contributed by atoms with Gasteiger partial charge < -0.3 is 19.7 Å². The van der Waals surface area contributed by atoms with Gasteiger partial charge in [0, 0.05) is 38.0 Å². The van der Waals surface area contributed by atoms with Crippen molar-refractivity contribution in [2.45, 2.75) is 12.5 Å². The van der Waals surface area contributed by atoms with Crippen LogP contribution in [0.1, 0.15) is 16.8 Å². The molecule has 0 radical (unpaired) electrons. The van der Waals surface area contributed by atoms with E-state index in [2.05, 4.69) is 15.2 Å². The highest BCUT2D eigenvalue weighted by atomic mass is 16.5. The molecule has 2 aromatic rings. The van der Waals surface area contributed by atoms with Crippen LogP contribution >= 0.6 is 0 Å². The number of pyridine rings is 1. The van der Waals surface area contributed by atoms with E-state index in [0.29, 0.717) is 18.8 Å². The maximum Gasteiger partial charge on any atom is 0.251 e. The molecule has 25 heavy (non-hydrogen) atoms. The number of methoxy groups -OCH3 is 1. The Morgan fingerprint density at radius 2 is 2.08 bits per heavy atom. The summed E-state index contributed by atoms with van der Waals surface area (Å²) in [6.07, 6.45) is 2.71. The molecule has 1 aromatic heterocycles. The molecule has 6 heteroatoms. The van der Waals surface area contributed by atoms with Gasteiger partial charge >= 0.3 is 0 Å². The number of carbonyl (C=O) groups is 1. The fourth-order valence-electron chi connectivity index (χ4n) is 2.84. The lowest BCUT2D eigenvalue weighted by molar-refractivity contribution is 0.0940. The zero-order valence-electron chi connectivity index (χ0n) is 14.4. The van der Waals surface area contributed by atoms with Crippen molar-refractivity contribution in [3.05, 3.63) is 54.2 Å². The SMILES string of the molecule is COCCOc1ccc(C(=O)N[C@H]2CCN(c3ccccn3)C2)cc1. The van der Waals surface area contributed by atoms with Gasteiger partial charge in [0.1, 0.15) is 18.2 Å². The second-order valence-corrected chi connectivity index (χ2v) is 5.96. The summed E-state index contributed by atoms with van der Waals surface area (Å²) < 4.78 is 10.5. The van der Waals surface area contributed by atoms with E-state index < -0.39 is 0 Å². The molecule has 0 aliphatic carbocycles. The van der Waals surface area contributed by atoms with E-state index in [-0.39, 0.29) is 11.9 Å². The molecule has 2 heterocycles. The molecular formula is C19H23N3O3. The lowest BCUT2D eigenvalue weighted by Gasteiger charge is -2.17. The van der Waals surface area contributed by atoms with E-state index in [1.54, 1.807) is 37.6 Å². The third-order valence-electron chi connectivity index (χ3n) is 4.17. The Bertz CT molecular complexity index is 676. The lowest BCUT2D eigenvalue weighted by atomic mass is 10.2. The predicted octanol–water partition coefficient (Wildman–Crippen LogP) is 2.12. The number of carbonyl (C=O) groups excluding carboxylic acids is 1. The lowest BCUT2D eigenvalue weighted by Crippen LogP contribution is -2.37. The molecule has 0 unspecified atom stereocenters. The monoisotopic (exact) mass is 341 g/mol. The largest absolute Gasteiger partial charge is 0.491 e. The number of ether oxygens (including phenoxy) is 2. The number of amides is 1. The Labute approximate surface area is 147 Å². The molecule has 1 aliphatic rings. The van der Waals surface area contributed by atoms with Crippen LogP contribution in [0.2, 0.25) is 0 Å². The molecule has 3 rings (SSSR count). The van der Waals surface area contributed by atoms with E-state index in [1.165, 1.54) is 0 Å². The van der Waals surface area contributed by atoms with Crippen molar-refractivity contribution >= 4 is 11.7 Å². The number of rotatable bonds is 7. The Kier molecular flexibility index (Phi) is 5.85. The number of hydrogen-bond acceptors (Lipinski definition) is 5. The summed E-state index contributed by atoms with van der Waals surface area (Å²) in [5, 5.41) is 3.10. The van der Waals surface area contributed by atoms with Gasteiger partial charge in [0.05, 0.1) is 6.61 Å². The van der Waals surface area contributed by atoms with Crippen LogP contribution in [0.3, 0.4) is 0 Å². The predicted molar refractivity (Wildman–Crippen MR) is 96.1 cm³/mol. The third-order valence-corrected chi connectivity index (χ3v) is 4.17. The van der Waals surface area contributed by atoms with Crippen LogP contribution in [-0.2, 0) is 4.74 Å². The number of anilines is 1. The normalized spacial score (nSPS) is 16.7. The molecular weight excluding hydrogens is 318 g/mol. The smallest absolute Gasteiger partial charge is 0.251 e. The zero-order chi connectivity index (χ0) is 17.5. The molecule has 0 saturated carbocycles. The molecule has 1 saturated heterocycles. The minimum Gasteiger partial charge on any atom is -0.491 e. The van der Waals surface area contributed by atoms with Gasteiger partial charge in [-0.2, -0.15) is 0 Å². The molecule has 1 N–H and O–H groups in total. The van der Waals surface area contributed by atoms with E-state index >= 15 is 0 Å². The highest BCUT2D eigenvalue weighted by molar-refractivity contribution is 5.94. The summed E-state index contributed by atoms with van der Waals surface area (Å²) >= 11 is 0. The van der Waals surface area contributed by atoms with Crippen LogP contribution in [0.15, 0.2) is 48.7 Å². The summed E-state index contributed by atoms with van der Waals surface area (Å²) in [4.78, 5) is 19.0. The van der Waals surface area contributed by atoms with Gasteiger partial charge in [0.2, 0.25) is 0 Å². The van der Waals surface area contributed by atoms with Gasteiger partial charge in [0.25, 0.3) is 5.91 Å². The van der Waals surface area contributed by atoms with Gasteiger partial charge in [-0.05, 0) is 42.8 Å². The fourth-order valence-corrected chi connectivity index (χ4v) is 2.84. The van der Waals surface area contributed by atoms with Crippen molar-refractivity contribution in [3.63, 3.8) is 0 Å². The maximum atomic E-state index is 12.4. The van der Waals surface area contributed by atoms with E-state index in [4.69, 9.17) is 9.47 Å². The minimum atomic E-state index is -0.0590. The molecule has 0 bridgehead atoms. The molecule has 6 nitrogen and oxygen atoms in total. The van der Waals surface area contributed by atoms with Crippen LogP contribution in [0.4, 0.5) is 5.82 Å². The molecule has 1 fully saturated rings. The topological polar surface area (TPSA) is 63.7 Å². The Balaban J connectivity index is 1.51. The molecule has 1 amide bonds. The average Bonchev–Trinajstić information content (AvgIpc) is 3.12. The van der Waals surface area contributed by atoms with Gasteiger partial charge in [-0.25, -0.2) is 4.98 Å². The number of aromatic nitrogens is 1. The van der Waals surface area contributed by atoms with Crippen LogP contribution in [0.5, 0.6) is 5.75 Å². The minimum absolute atomic E-state index is 0.0590. The van der Waals surface area contributed by atoms with Gasteiger partial charge in [-0.1, -0.05) is 6.07 Å². The highest BCUT2D eigenvalue weighted by Gasteiger charge is 2.24. The summed E-state index contributed by atoms with van der Waals surface area (Å²) in [6, 6.07) is 13.2. The van der Waals surface area contributed by atoms with Gasteiger partial charge in [-0.15, -0.1) is 0 Å². The van der Waals surface area contributed by atoms with Crippen LogP contribution < -0.4 is 15.0 Å². The summed E-state index contributed by atoms with van der Waals surface area (Å²) in [5.74, 6) is 1.63. The van der Waals surface area contributed by atoms with Crippen molar-refractivity contribution in [1.29, 1.82) is 0 Å². The number of hydrogen-bond donors (Lipinski definition) is 1. The summed E-state index contributed by atoms with van der Waals surface area (Å²) in [6.45, 7) is 2.71. The quantitative estimate of drug-likeness (QED) is 0.782. The summed E-state index contributed by atoms with van der Waals surface area (Å²) in [5.41, 5.74) is 0.635. The van der Waals surface area contributed by atoms with Crippen molar-refractivity contribution < 1.29 is 14.3 Å². The second kappa shape index (κ2) is 8.48. The first-order chi connectivity index (χ1) is 12.3. The van der Waals surface area contributed by atoms with Crippen molar-refractivity contribution in [2.75, 3.05) is 38.3 Å². The highest BCUT2D eigenvalue weighted by Crippen LogP contribution is 2.18. The average molecular weight is 341 g/mol. The maximum absolute atomic E-state index is 12.4. The molecule has 1 atom stereocenters. The Morgan fingerprint density at radius 3 is 2.80 bits per heavy atom. The zero-order valence-corrected chi connectivity index (χ0v) is 14.4. The number of nitrogens with one attached hydrogen (secondary N) is 1. The van der Waals surface area contributed by atoms with E-state index in [1.807, 2.05) is 18.2 Å². The first-order valence-corrected chi connectivity index (χ1v) is 8.45. The first-order valence-electron chi connectivity index (χ1n) is 8.45. The first kappa shape index (κ1) is 17.2. The van der Waals surface area contributed by atoms with Crippen molar-refractivity contribution in [2.24, 2.45) is 0 Å². The van der Waals surface area contributed by atoms with Crippen LogP contribution in [0, 0.1) is 0 Å². The Morgan fingerprint density at radius 1 is 1.24 bits per heavy atom. The van der Waals surface area contributed by atoms with Crippen LogP contribution in [0.25, 0.3) is 0 Å². The molecule has 1 aliphatic heterocycles. The second-order valence-electron chi connectivity index (χ2n) is 5.96. The summed E-state index contributed by atoms with van der Waals surface area (Å²) in [7, 11) is 1.63. The van der Waals surface area contributed by atoms with Crippen LogP contribution in [-0.4, -0.2) is 50.3 Å². The number of benzene rings is 1. The Hall–Kier alpha value is -2.60. The van der Waals surface area contributed by atoms with E-state index in [9.17, 15) is 4.79 Å². The van der Waals surface area contributed by atoms with Crippen molar-refractivity contribution in [3.8, 4) is 5.75 Å². The third kappa shape index (κ3) is 4.70. The molecule has 132 valence electrons. The standard InChI is InChI=1S/C19H23N3O3/c1-24-12-13-25-17-7-5-15(6-8-17)19(23)21-16-9-11-22(14-16)18-4-2-3-10-20-18/h2-8,10,16H,9,11-14H2,1H3,(H,21,23)/t16-/m0/s1. The number of nitrogens with zero attached hydrogens (tertiary/aromatic N) is 2. The van der Waals surface area contributed by atoms with Gasteiger partial charge in [0.15, 0.2) is 0 Å². The molecule has 0 spiro atoms. The van der Waals surface area contributed by atoms with E-state index in [0.717, 1.165) is 31.1 Å². The van der Waals surface area contributed by atoms with Crippen molar-refractivity contribution in [1.82, 2.24) is 10.3 Å². The molecule has 1 aromatic carbocycles. The fraction of sp³-hybridized carbons (Fsp3) is 0.368.